The minimum atomic E-state index is -4.40. The van der Waals surface area contributed by atoms with E-state index in [-0.39, 0.29) is 5.92 Å². The molecule has 0 heterocycles. The van der Waals surface area contributed by atoms with Gasteiger partial charge in [-0.3, -0.25) is 4.79 Å². The third kappa shape index (κ3) is 1.98. The Labute approximate surface area is 102 Å². The summed E-state index contributed by atoms with van der Waals surface area (Å²) in [6.07, 6.45) is -4.40. The lowest BCUT2D eigenvalue weighted by molar-refractivity contribution is -0.139. The number of carboxylic acid groups (broad SMARTS) is 1. The van der Waals surface area contributed by atoms with Gasteiger partial charge in [0.2, 0.25) is 0 Å². The van der Waals surface area contributed by atoms with E-state index in [2.05, 4.69) is 0 Å². The van der Waals surface area contributed by atoms with Crippen LogP contribution in [-0.4, -0.2) is 11.1 Å². The molecule has 0 bridgehead atoms. The SMILES string of the molecule is CC1(C)[C@H](C(=O)O)[C@H]1c1cccc(C(F)(F)F)c1. The van der Waals surface area contributed by atoms with Gasteiger partial charge < -0.3 is 5.11 Å². The molecule has 0 saturated heterocycles. The number of benzene rings is 1. The molecule has 0 spiro atoms. The lowest BCUT2D eigenvalue weighted by Crippen LogP contribution is -2.05. The van der Waals surface area contributed by atoms with Gasteiger partial charge in [0.05, 0.1) is 11.5 Å². The van der Waals surface area contributed by atoms with E-state index in [0.29, 0.717) is 5.56 Å². The molecule has 1 N–H and O–H groups in total. The second kappa shape index (κ2) is 3.73. The summed E-state index contributed by atoms with van der Waals surface area (Å²) >= 11 is 0. The van der Waals surface area contributed by atoms with Gasteiger partial charge in [-0.2, -0.15) is 13.2 Å². The van der Waals surface area contributed by atoms with E-state index in [1.54, 1.807) is 19.9 Å². The van der Waals surface area contributed by atoms with Crippen molar-refractivity contribution in [1.29, 1.82) is 0 Å². The molecule has 1 aliphatic rings. The fraction of sp³-hybridized carbons (Fsp3) is 0.462. The summed E-state index contributed by atoms with van der Waals surface area (Å²) in [5.74, 6) is -1.92. The average molecular weight is 258 g/mol. The number of aliphatic carboxylic acids is 1. The monoisotopic (exact) mass is 258 g/mol. The van der Waals surface area contributed by atoms with E-state index in [9.17, 15) is 18.0 Å². The van der Waals surface area contributed by atoms with Gasteiger partial charge in [-0.15, -0.1) is 0 Å². The van der Waals surface area contributed by atoms with Crippen molar-refractivity contribution < 1.29 is 23.1 Å². The van der Waals surface area contributed by atoms with Crippen molar-refractivity contribution >= 4 is 5.97 Å². The van der Waals surface area contributed by atoms with Crippen molar-refractivity contribution in [1.82, 2.24) is 0 Å². The predicted octanol–water partition coefficient (Wildman–Crippen LogP) is 3.53. The van der Waals surface area contributed by atoms with Crippen molar-refractivity contribution in [3.8, 4) is 0 Å². The largest absolute Gasteiger partial charge is 0.481 e. The maximum Gasteiger partial charge on any atom is 0.416 e. The molecule has 0 unspecified atom stereocenters. The van der Waals surface area contributed by atoms with Gasteiger partial charge in [0.1, 0.15) is 0 Å². The van der Waals surface area contributed by atoms with Gasteiger partial charge >= 0.3 is 12.1 Å². The second-order valence-corrected chi connectivity index (χ2v) is 5.24. The highest BCUT2D eigenvalue weighted by atomic mass is 19.4. The van der Waals surface area contributed by atoms with Crippen LogP contribution in [0.2, 0.25) is 0 Å². The summed E-state index contributed by atoms with van der Waals surface area (Å²) in [5.41, 5.74) is -0.773. The molecule has 18 heavy (non-hydrogen) atoms. The summed E-state index contributed by atoms with van der Waals surface area (Å²) in [4.78, 5) is 11.0. The molecular weight excluding hydrogens is 245 g/mol. The average Bonchev–Trinajstić information content (AvgIpc) is 2.81. The fourth-order valence-corrected chi connectivity index (χ4v) is 2.63. The van der Waals surface area contributed by atoms with Gasteiger partial charge in [0, 0.05) is 5.92 Å². The first-order chi connectivity index (χ1) is 8.15. The highest BCUT2D eigenvalue weighted by molar-refractivity contribution is 5.77. The smallest absolute Gasteiger partial charge is 0.416 e. The zero-order valence-corrected chi connectivity index (χ0v) is 9.95. The molecule has 1 aromatic rings. The Bertz CT molecular complexity index is 491. The summed E-state index contributed by atoms with van der Waals surface area (Å²) in [7, 11) is 0. The third-order valence-electron chi connectivity index (χ3n) is 3.67. The van der Waals surface area contributed by atoms with E-state index >= 15 is 0 Å². The molecule has 2 atom stereocenters. The Balaban J connectivity index is 2.34. The Kier molecular flexibility index (Phi) is 2.68. The quantitative estimate of drug-likeness (QED) is 0.881. The lowest BCUT2D eigenvalue weighted by atomic mass is 10.0. The number of halogens is 3. The van der Waals surface area contributed by atoms with Crippen LogP contribution in [-0.2, 0) is 11.0 Å². The molecule has 1 aromatic carbocycles. The Morgan fingerprint density at radius 3 is 2.39 bits per heavy atom. The maximum atomic E-state index is 12.6. The number of alkyl halides is 3. The normalized spacial score (nSPS) is 25.8. The van der Waals surface area contributed by atoms with Gasteiger partial charge in [0.25, 0.3) is 0 Å². The minimum absolute atomic E-state index is 0.350. The van der Waals surface area contributed by atoms with Gasteiger partial charge in [-0.25, -0.2) is 0 Å². The van der Waals surface area contributed by atoms with Crippen LogP contribution in [0.15, 0.2) is 24.3 Å². The molecule has 2 nitrogen and oxygen atoms in total. The fourth-order valence-electron chi connectivity index (χ4n) is 2.63. The van der Waals surface area contributed by atoms with Gasteiger partial charge in [-0.05, 0) is 17.0 Å². The zero-order chi connectivity index (χ0) is 13.7. The summed E-state index contributed by atoms with van der Waals surface area (Å²) in [6.45, 7) is 3.52. The van der Waals surface area contributed by atoms with Crippen LogP contribution >= 0.6 is 0 Å². The van der Waals surface area contributed by atoms with Crippen LogP contribution in [0.1, 0.15) is 30.9 Å². The molecule has 2 rings (SSSR count). The number of hydrogen-bond donors (Lipinski definition) is 1. The summed E-state index contributed by atoms with van der Waals surface area (Å²) in [6, 6.07) is 4.93. The van der Waals surface area contributed by atoms with Crippen LogP contribution in [0.3, 0.4) is 0 Å². The third-order valence-corrected chi connectivity index (χ3v) is 3.67. The molecule has 0 radical (unpaired) electrons. The minimum Gasteiger partial charge on any atom is -0.481 e. The van der Waals surface area contributed by atoms with Crippen LogP contribution in [0.25, 0.3) is 0 Å². The highest BCUT2D eigenvalue weighted by Crippen LogP contribution is 2.64. The number of rotatable bonds is 2. The molecule has 0 aliphatic heterocycles. The zero-order valence-electron chi connectivity index (χ0n) is 9.95. The molecular formula is C13H13F3O2. The molecule has 98 valence electrons. The van der Waals surface area contributed by atoms with Crippen molar-refractivity contribution in [2.75, 3.05) is 0 Å². The predicted molar refractivity (Wildman–Crippen MR) is 59.1 cm³/mol. The Morgan fingerprint density at radius 2 is 1.94 bits per heavy atom. The topological polar surface area (TPSA) is 37.3 Å². The second-order valence-electron chi connectivity index (χ2n) is 5.24. The van der Waals surface area contributed by atoms with E-state index in [1.165, 1.54) is 6.07 Å². The molecule has 5 heteroatoms. The Hall–Kier alpha value is -1.52. The van der Waals surface area contributed by atoms with Gasteiger partial charge in [0.15, 0.2) is 0 Å². The number of hydrogen-bond acceptors (Lipinski definition) is 1. The molecule has 0 amide bonds. The van der Waals surface area contributed by atoms with Crippen LogP contribution < -0.4 is 0 Å². The number of carbonyl (C=O) groups is 1. The first-order valence-electron chi connectivity index (χ1n) is 5.55. The van der Waals surface area contributed by atoms with Crippen molar-refractivity contribution in [2.24, 2.45) is 11.3 Å². The molecule has 1 fully saturated rings. The van der Waals surface area contributed by atoms with Crippen LogP contribution in [0.5, 0.6) is 0 Å². The first kappa shape index (κ1) is 12.9. The summed E-state index contributed by atoms with van der Waals surface area (Å²) < 4.78 is 37.8. The highest BCUT2D eigenvalue weighted by Gasteiger charge is 2.62. The van der Waals surface area contributed by atoms with E-state index in [1.807, 2.05) is 0 Å². The van der Waals surface area contributed by atoms with E-state index in [4.69, 9.17) is 5.11 Å². The Morgan fingerprint density at radius 1 is 1.33 bits per heavy atom. The number of carboxylic acids is 1. The molecule has 1 aliphatic carbocycles. The maximum absolute atomic E-state index is 12.6. The van der Waals surface area contributed by atoms with Crippen LogP contribution in [0, 0.1) is 11.3 Å². The van der Waals surface area contributed by atoms with Gasteiger partial charge in [-0.1, -0.05) is 32.0 Å². The van der Waals surface area contributed by atoms with Crippen molar-refractivity contribution in [3.63, 3.8) is 0 Å². The van der Waals surface area contributed by atoms with E-state index < -0.39 is 29.0 Å². The summed E-state index contributed by atoms with van der Waals surface area (Å²) in [5, 5.41) is 9.03. The lowest BCUT2D eigenvalue weighted by Gasteiger charge is -2.09. The van der Waals surface area contributed by atoms with Crippen molar-refractivity contribution in [3.05, 3.63) is 35.4 Å². The molecule has 1 saturated carbocycles. The molecule has 0 aromatic heterocycles. The standard InChI is InChI=1S/C13H13F3O2/c1-12(2)9(10(12)11(17)18)7-4-3-5-8(6-7)13(14,15)16/h3-6,9-10H,1-2H3,(H,17,18)/t9-,10+/m1/s1. The van der Waals surface area contributed by atoms with Crippen LogP contribution in [0.4, 0.5) is 13.2 Å². The van der Waals surface area contributed by atoms with E-state index in [0.717, 1.165) is 12.1 Å². The van der Waals surface area contributed by atoms with Crippen molar-refractivity contribution in [2.45, 2.75) is 25.9 Å². The first-order valence-corrected chi connectivity index (χ1v) is 5.55.